The largest absolute Gasteiger partial charge is 0.306 e. The van der Waals surface area contributed by atoms with Crippen LogP contribution in [-0.2, 0) is 6.54 Å². The zero-order valence-corrected chi connectivity index (χ0v) is 14.9. The van der Waals surface area contributed by atoms with Gasteiger partial charge < -0.3 is 5.32 Å². The second-order valence-corrected chi connectivity index (χ2v) is 8.59. The molecule has 0 spiro atoms. The summed E-state index contributed by atoms with van der Waals surface area (Å²) in [4.78, 5) is 0. The molecule has 1 saturated carbocycles. The minimum atomic E-state index is 0.142. The zero-order valence-electron chi connectivity index (χ0n) is 14.1. The Bertz CT molecular complexity index is 414. The van der Waals surface area contributed by atoms with Gasteiger partial charge in [0.15, 0.2) is 0 Å². The van der Waals surface area contributed by atoms with Crippen LogP contribution in [0.25, 0.3) is 0 Å². The van der Waals surface area contributed by atoms with Crippen molar-refractivity contribution >= 4 is 11.3 Å². The second-order valence-electron chi connectivity index (χ2n) is 7.50. The van der Waals surface area contributed by atoms with Crippen molar-refractivity contribution in [1.29, 1.82) is 0 Å². The zero-order chi connectivity index (χ0) is 15.3. The fraction of sp³-hybridized carbons (Fsp3) is 0.882. The molecule has 1 aromatic heterocycles. The van der Waals surface area contributed by atoms with E-state index in [1.54, 1.807) is 0 Å². The van der Waals surface area contributed by atoms with Crippen LogP contribution in [0.1, 0.15) is 88.6 Å². The first-order chi connectivity index (χ1) is 9.98. The molecule has 0 saturated heterocycles. The van der Waals surface area contributed by atoms with Gasteiger partial charge >= 0.3 is 0 Å². The molecule has 4 heteroatoms. The summed E-state index contributed by atoms with van der Waals surface area (Å²) in [6, 6.07) is 0. The standard InChI is InChI=1S/C17H31N3S/c1-5-6-7-13-8-10-14(11-9-13)16-20-19-15(21-16)12-18-17(2,3)4/h13-14,18H,5-12H2,1-4H3. The first-order valence-electron chi connectivity index (χ1n) is 8.55. The minimum Gasteiger partial charge on any atom is -0.306 e. The Hall–Kier alpha value is -0.480. The third kappa shape index (κ3) is 5.67. The van der Waals surface area contributed by atoms with Crippen LogP contribution in [0.15, 0.2) is 0 Å². The Morgan fingerprint density at radius 1 is 1.14 bits per heavy atom. The van der Waals surface area contributed by atoms with Gasteiger partial charge in [0, 0.05) is 11.5 Å². The van der Waals surface area contributed by atoms with Crippen LogP contribution in [0.2, 0.25) is 0 Å². The molecule has 0 bridgehead atoms. The van der Waals surface area contributed by atoms with E-state index in [2.05, 4.69) is 43.2 Å². The van der Waals surface area contributed by atoms with Gasteiger partial charge in [-0.3, -0.25) is 0 Å². The Balaban J connectivity index is 1.80. The Morgan fingerprint density at radius 3 is 2.48 bits per heavy atom. The van der Waals surface area contributed by atoms with Crippen LogP contribution in [0.3, 0.4) is 0 Å². The highest BCUT2D eigenvalue weighted by Gasteiger charge is 2.24. The van der Waals surface area contributed by atoms with Crippen LogP contribution in [0.4, 0.5) is 0 Å². The van der Waals surface area contributed by atoms with E-state index in [0.717, 1.165) is 17.5 Å². The maximum absolute atomic E-state index is 4.46. The molecule has 0 aromatic carbocycles. The van der Waals surface area contributed by atoms with Gasteiger partial charge in [0.1, 0.15) is 10.0 Å². The summed E-state index contributed by atoms with van der Waals surface area (Å²) in [6.07, 6.45) is 9.57. The third-order valence-electron chi connectivity index (χ3n) is 4.41. The highest BCUT2D eigenvalue weighted by molar-refractivity contribution is 7.11. The van der Waals surface area contributed by atoms with Crippen molar-refractivity contribution in [2.45, 2.75) is 90.6 Å². The highest BCUT2D eigenvalue weighted by Crippen LogP contribution is 2.38. The number of hydrogen-bond acceptors (Lipinski definition) is 4. The predicted octanol–water partition coefficient (Wildman–Crippen LogP) is 4.89. The first-order valence-corrected chi connectivity index (χ1v) is 9.37. The summed E-state index contributed by atoms with van der Waals surface area (Å²) >= 11 is 1.81. The molecule has 0 atom stereocenters. The molecule has 1 aromatic rings. The van der Waals surface area contributed by atoms with Gasteiger partial charge in [-0.2, -0.15) is 0 Å². The summed E-state index contributed by atoms with van der Waals surface area (Å²) in [5.74, 6) is 1.64. The quantitative estimate of drug-likeness (QED) is 0.813. The predicted molar refractivity (Wildman–Crippen MR) is 90.7 cm³/mol. The van der Waals surface area contributed by atoms with E-state index in [0.29, 0.717) is 5.92 Å². The molecule has 1 N–H and O–H groups in total. The van der Waals surface area contributed by atoms with Gasteiger partial charge in [-0.1, -0.05) is 37.5 Å². The number of nitrogens with zero attached hydrogens (tertiary/aromatic N) is 2. The molecule has 1 heterocycles. The van der Waals surface area contributed by atoms with E-state index in [1.807, 2.05) is 11.3 Å². The van der Waals surface area contributed by atoms with Crippen LogP contribution >= 0.6 is 11.3 Å². The molecule has 1 fully saturated rings. The van der Waals surface area contributed by atoms with Crippen LogP contribution in [0.5, 0.6) is 0 Å². The maximum Gasteiger partial charge on any atom is 0.131 e. The minimum absolute atomic E-state index is 0.142. The summed E-state index contributed by atoms with van der Waals surface area (Å²) < 4.78 is 0. The van der Waals surface area contributed by atoms with Crippen molar-refractivity contribution in [2.24, 2.45) is 5.92 Å². The topological polar surface area (TPSA) is 37.8 Å². The normalized spacial score (nSPS) is 23.4. The van der Waals surface area contributed by atoms with Crippen molar-refractivity contribution in [3.8, 4) is 0 Å². The van der Waals surface area contributed by atoms with Gasteiger partial charge in [0.2, 0.25) is 0 Å². The molecule has 3 nitrogen and oxygen atoms in total. The highest BCUT2D eigenvalue weighted by atomic mass is 32.1. The molecule has 2 rings (SSSR count). The van der Waals surface area contributed by atoms with E-state index < -0.39 is 0 Å². The summed E-state index contributed by atoms with van der Waals surface area (Å²) in [7, 11) is 0. The van der Waals surface area contributed by atoms with Crippen molar-refractivity contribution in [1.82, 2.24) is 15.5 Å². The van der Waals surface area contributed by atoms with E-state index in [1.165, 1.54) is 50.0 Å². The van der Waals surface area contributed by atoms with Gasteiger partial charge in [0.05, 0.1) is 6.54 Å². The molecule has 0 amide bonds. The van der Waals surface area contributed by atoms with Crippen molar-refractivity contribution in [2.75, 3.05) is 0 Å². The van der Waals surface area contributed by atoms with E-state index in [9.17, 15) is 0 Å². The number of nitrogens with one attached hydrogen (secondary N) is 1. The molecule has 1 aliphatic rings. The summed E-state index contributed by atoms with van der Waals surface area (Å²) in [6.45, 7) is 9.69. The lowest BCUT2D eigenvalue weighted by atomic mass is 9.80. The molecule has 120 valence electrons. The lowest BCUT2D eigenvalue weighted by Crippen LogP contribution is -2.35. The third-order valence-corrected chi connectivity index (χ3v) is 5.50. The summed E-state index contributed by atoms with van der Waals surface area (Å²) in [5.41, 5.74) is 0.142. The van der Waals surface area contributed by atoms with E-state index >= 15 is 0 Å². The van der Waals surface area contributed by atoms with Gasteiger partial charge in [0.25, 0.3) is 0 Å². The molecule has 0 radical (unpaired) electrons. The van der Waals surface area contributed by atoms with E-state index in [-0.39, 0.29) is 5.54 Å². The lowest BCUT2D eigenvalue weighted by Gasteiger charge is -2.26. The fourth-order valence-electron chi connectivity index (χ4n) is 3.03. The molecule has 0 aliphatic heterocycles. The molecule has 21 heavy (non-hydrogen) atoms. The Kier molecular flexibility index (Phi) is 6.18. The van der Waals surface area contributed by atoms with Gasteiger partial charge in [-0.15, -0.1) is 10.2 Å². The number of aromatic nitrogens is 2. The average molecular weight is 310 g/mol. The smallest absolute Gasteiger partial charge is 0.131 e. The van der Waals surface area contributed by atoms with Crippen LogP contribution < -0.4 is 5.32 Å². The number of unbranched alkanes of at least 4 members (excludes halogenated alkanes) is 1. The molecule has 1 aliphatic carbocycles. The monoisotopic (exact) mass is 309 g/mol. The second kappa shape index (κ2) is 7.68. The number of rotatable bonds is 6. The summed E-state index contributed by atoms with van der Waals surface area (Å²) in [5, 5.41) is 14.7. The molecular formula is C17H31N3S. The van der Waals surface area contributed by atoms with Gasteiger partial charge in [-0.05, 0) is 52.4 Å². The fourth-order valence-corrected chi connectivity index (χ4v) is 3.99. The Morgan fingerprint density at radius 2 is 1.86 bits per heavy atom. The van der Waals surface area contributed by atoms with Crippen molar-refractivity contribution in [3.05, 3.63) is 10.0 Å². The SMILES string of the molecule is CCCCC1CCC(c2nnc(CNC(C)(C)C)s2)CC1. The maximum atomic E-state index is 4.46. The van der Waals surface area contributed by atoms with Crippen molar-refractivity contribution in [3.63, 3.8) is 0 Å². The van der Waals surface area contributed by atoms with Crippen LogP contribution in [-0.4, -0.2) is 15.7 Å². The van der Waals surface area contributed by atoms with Crippen molar-refractivity contribution < 1.29 is 0 Å². The van der Waals surface area contributed by atoms with E-state index in [4.69, 9.17) is 0 Å². The van der Waals surface area contributed by atoms with Crippen LogP contribution in [0, 0.1) is 5.92 Å². The number of hydrogen-bond donors (Lipinski definition) is 1. The molecule has 0 unspecified atom stereocenters. The average Bonchev–Trinajstić information content (AvgIpc) is 2.92. The first kappa shape index (κ1) is 16.9. The Labute approximate surface area is 133 Å². The lowest BCUT2D eigenvalue weighted by molar-refractivity contribution is 0.303. The van der Waals surface area contributed by atoms with Gasteiger partial charge in [-0.25, -0.2) is 0 Å². The molecular weight excluding hydrogens is 278 g/mol.